The Bertz CT molecular complexity index is 582. The molecule has 2 N–H and O–H groups in total. The van der Waals surface area contributed by atoms with Crippen LogP contribution in [0.4, 0.5) is 26.3 Å². The van der Waals surface area contributed by atoms with Gasteiger partial charge in [0, 0.05) is 13.5 Å². The van der Waals surface area contributed by atoms with Gasteiger partial charge in [-0.3, -0.25) is 15.0 Å². The Labute approximate surface area is 150 Å². The Balaban J connectivity index is 2.51. The Morgan fingerprint density at radius 1 is 1.31 bits per heavy atom. The van der Waals surface area contributed by atoms with Gasteiger partial charge >= 0.3 is 18.0 Å². The molecule has 1 saturated heterocycles. The largest absolute Gasteiger partial charge is 0.475 e. The van der Waals surface area contributed by atoms with E-state index in [2.05, 4.69) is 0 Å². The molecule has 2 atom stereocenters. The number of nitrogens with one attached hydrogen (secondary N) is 2. The predicted molar refractivity (Wildman–Crippen MR) is 81.5 cm³/mol. The lowest BCUT2D eigenvalue weighted by Crippen LogP contribution is -3.26. The molecular formula is C15H19F6N2O2S+. The number of carbonyl (C=O) groups is 1. The fraction of sp³-hybridized carbons (Fsp3) is 0.667. The maximum Gasteiger partial charge on any atom is 0.475 e. The van der Waals surface area contributed by atoms with Gasteiger partial charge in [0.05, 0.1) is 4.88 Å². The first kappa shape index (κ1) is 21.0. The quantitative estimate of drug-likeness (QED) is 0.563. The minimum absolute atomic E-state index is 0.294. The van der Waals surface area contributed by atoms with Crippen molar-refractivity contribution in [1.29, 1.82) is 0 Å². The van der Waals surface area contributed by atoms with Crippen molar-refractivity contribution < 1.29 is 40.8 Å². The van der Waals surface area contributed by atoms with E-state index in [1.165, 1.54) is 11.4 Å². The molecule has 0 bridgehead atoms. The average Bonchev–Trinajstić information content (AvgIpc) is 3.14. The average molecular weight is 405 g/mol. The maximum absolute atomic E-state index is 13.8. The van der Waals surface area contributed by atoms with E-state index in [4.69, 9.17) is 4.74 Å². The molecule has 1 aromatic rings. The zero-order valence-electron chi connectivity index (χ0n) is 13.8. The van der Waals surface area contributed by atoms with E-state index in [9.17, 15) is 31.1 Å². The molecule has 148 valence electrons. The van der Waals surface area contributed by atoms with Crippen molar-refractivity contribution in [1.82, 2.24) is 5.32 Å². The van der Waals surface area contributed by atoms with Crippen molar-refractivity contribution in [3.63, 3.8) is 0 Å². The summed E-state index contributed by atoms with van der Waals surface area (Å²) in [6, 6.07) is 3.01. The van der Waals surface area contributed by atoms with E-state index in [1.54, 1.807) is 11.4 Å². The number of amides is 1. The molecule has 2 rings (SSSR count). The Kier molecular flexibility index (Phi) is 6.24. The Morgan fingerprint density at radius 2 is 1.96 bits per heavy atom. The summed E-state index contributed by atoms with van der Waals surface area (Å²) in [6.07, 6.45) is -11.3. The van der Waals surface area contributed by atoms with Crippen LogP contribution >= 0.6 is 11.3 Å². The second-order valence-electron chi connectivity index (χ2n) is 6.13. The summed E-state index contributed by atoms with van der Waals surface area (Å²) in [5, 5.41) is 2.75. The van der Waals surface area contributed by atoms with Crippen LogP contribution in [0.3, 0.4) is 0 Å². The molecule has 1 aliphatic heterocycles. The summed E-state index contributed by atoms with van der Waals surface area (Å²) < 4.78 is 88.0. The maximum atomic E-state index is 13.8. The van der Waals surface area contributed by atoms with Crippen LogP contribution in [0, 0.1) is 0 Å². The van der Waals surface area contributed by atoms with Crippen molar-refractivity contribution in [2.45, 2.75) is 50.4 Å². The zero-order chi connectivity index (χ0) is 19.6. The van der Waals surface area contributed by atoms with Gasteiger partial charge in [0.25, 0.3) is 0 Å². The lowest BCUT2D eigenvalue weighted by atomic mass is 10.0. The van der Waals surface area contributed by atoms with E-state index in [0.29, 0.717) is 31.2 Å². The molecule has 4 nitrogen and oxygen atoms in total. The summed E-state index contributed by atoms with van der Waals surface area (Å²) >= 11 is 1.06. The van der Waals surface area contributed by atoms with Gasteiger partial charge in [-0.05, 0) is 24.3 Å². The van der Waals surface area contributed by atoms with Crippen molar-refractivity contribution in [2.75, 3.05) is 13.2 Å². The molecule has 1 aliphatic rings. The number of thiophene rings is 1. The van der Waals surface area contributed by atoms with Gasteiger partial charge in [0.2, 0.25) is 5.91 Å². The number of halogens is 6. The van der Waals surface area contributed by atoms with Gasteiger partial charge in [-0.15, -0.1) is 11.3 Å². The molecule has 1 fully saturated rings. The van der Waals surface area contributed by atoms with Gasteiger partial charge in [-0.25, -0.2) is 0 Å². The molecular weight excluding hydrogens is 386 g/mol. The molecule has 26 heavy (non-hydrogen) atoms. The first-order valence-corrected chi connectivity index (χ1v) is 8.76. The topological polar surface area (TPSA) is 42.8 Å². The molecule has 2 heterocycles. The van der Waals surface area contributed by atoms with Crippen molar-refractivity contribution in [3.05, 3.63) is 22.4 Å². The third kappa shape index (κ3) is 4.32. The number of alkyl halides is 6. The van der Waals surface area contributed by atoms with E-state index in [-0.39, 0.29) is 0 Å². The number of hydrogen-bond donors (Lipinski definition) is 2. The molecule has 0 saturated carbocycles. The first-order chi connectivity index (χ1) is 12.0. The fourth-order valence-electron chi connectivity index (χ4n) is 3.12. The van der Waals surface area contributed by atoms with E-state index < -0.39 is 48.0 Å². The number of quaternary nitrogens is 1. The van der Waals surface area contributed by atoms with Gasteiger partial charge in [0.15, 0.2) is 0 Å². The van der Waals surface area contributed by atoms with Crippen LogP contribution < -0.4 is 10.2 Å². The van der Waals surface area contributed by atoms with Crippen LogP contribution in [0.25, 0.3) is 0 Å². The third-order valence-corrected chi connectivity index (χ3v) is 5.09. The third-order valence-electron chi connectivity index (χ3n) is 4.21. The van der Waals surface area contributed by atoms with Crippen LogP contribution in [0.2, 0.25) is 0 Å². The number of rotatable bonds is 6. The molecule has 1 unspecified atom stereocenters. The van der Waals surface area contributed by atoms with Gasteiger partial charge < -0.3 is 4.74 Å². The summed E-state index contributed by atoms with van der Waals surface area (Å²) in [5.74, 6) is -1.41. The van der Waals surface area contributed by atoms with E-state index in [1.807, 2.05) is 0 Å². The highest BCUT2D eigenvalue weighted by molar-refractivity contribution is 7.09. The number of hydrogen-bond acceptors (Lipinski definition) is 3. The van der Waals surface area contributed by atoms with E-state index in [0.717, 1.165) is 11.3 Å². The van der Waals surface area contributed by atoms with Crippen LogP contribution in [0.5, 0.6) is 0 Å². The predicted octanol–water partition coefficient (Wildman–Crippen LogP) is 2.27. The lowest BCUT2D eigenvalue weighted by Gasteiger charge is -2.42. The van der Waals surface area contributed by atoms with Crippen molar-refractivity contribution in [3.8, 4) is 0 Å². The lowest BCUT2D eigenvalue weighted by molar-refractivity contribution is -0.997. The second kappa shape index (κ2) is 7.73. The summed E-state index contributed by atoms with van der Waals surface area (Å²) in [5.41, 5.74) is -4.41. The van der Waals surface area contributed by atoms with Crippen LogP contribution in [0.1, 0.15) is 24.6 Å². The summed E-state index contributed by atoms with van der Waals surface area (Å²) in [6.45, 7) is -0.142. The van der Waals surface area contributed by atoms with Crippen molar-refractivity contribution >= 4 is 17.2 Å². The number of carbonyl (C=O) groups excluding carboxylic acids is 1. The molecule has 0 radical (unpaired) electrons. The van der Waals surface area contributed by atoms with Crippen LogP contribution in [0.15, 0.2) is 17.5 Å². The van der Waals surface area contributed by atoms with E-state index >= 15 is 0 Å². The van der Waals surface area contributed by atoms with Gasteiger partial charge in [-0.2, -0.15) is 26.3 Å². The normalized spacial score (nSPS) is 20.2. The minimum atomic E-state index is -5.75. The number of ether oxygens (including phenoxy) is 1. The highest BCUT2D eigenvalue weighted by atomic mass is 32.1. The Morgan fingerprint density at radius 3 is 2.38 bits per heavy atom. The highest BCUT2D eigenvalue weighted by Crippen LogP contribution is 2.39. The van der Waals surface area contributed by atoms with Crippen LogP contribution in [-0.2, 0) is 16.1 Å². The SMILES string of the molecule is CC(=O)NC([NH+](Cc1cccs1)C[C@@H]1CCCO1)(C(F)(F)F)C(F)(F)F. The van der Waals surface area contributed by atoms with Gasteiger partial charge in [-0.1, -0.05) is 6.07 Å². The Hall–Kier alpha value is -1.33. The molecule has 0 aliphatic carbocycles. The fourth-order valence-corrected chi connectivity index (χ4v) is 3.86. The minimum Gasteiger partial charge on any atom is -0.372 e. The molecule has 1 amide bonds. The van der Waals surface area contributed by atoms with Crippen LogP contribution in [-0.4, -0.2) is 43.2 Å². The van der Waals surface area contributed by atoms with Crippen molar-refractivity contribution in [2.24, 2.45) is 0 Å². The monoisotopic (exact) mass is 405 g/mol. The summed E-state index contributed by atoms with van der Waals surface area (Å²) in [7, 11) is 0. The first-order valence-electron chi connectivity index (χ1n) is 7.88. The van der Waals surface area contributed by atoms with Gasteiger partial charge in [0.1, 0.15) is 19.2 Å². The zero-order valence-corrected chi connectivity index (χ0v) is 14.7. The summed E-state index contributed by atoms with van der Waals surface area (Å²) in [4.78, 5) is 10.8. The second-order valence-corrected chi connectivity index (χ2v) is 7.16. The molecule has 1 aromatic heterocycles. The highest BCUT2D eigenvalue weighted by Gasteiger charge is 2.79. The smallest absolute Gasteiger partial charge is 0.372 e. The molecule has 0 aromatic carbocycles. The molecule has 0 spiro atoms. The standard InChI is InChI=1S/C15H18F6N2O2S/c1-10(24)22-13(14(16,17)18,15(19,20)21)23(8-11-4-2-6-25-11)9-12-5-3-7-26-12/h3,5,7,11H,2,4,6,8-9H2,1H3,(H,22,24)/p+1/t11-/m0/s1. The molecule has 11 heteroatoms.